The summed E-state index contributed by atoms with van der Waals surface area (Å²) in [6, 6.07) is 0. The molecule has 1 atom stereocenters. The molecule has 1 N–H and O–H groups in total. The third kappa shape index (κ3) is 4.71. The van der Waals surface area contributed by atoms with E-state index in [0.717, 1.165) is 0 Å². The Balaban J connectivity index is 0.000000463. The molecule has 0 aliphatic rings. The van der Waals surface area contributed by atoms with Crippen molar-refractivity contribution in [2.75, 3.05) is 0 Å². The van der Waals surface area contributed by atoms with Gasteiger partial charge in [0.2, 0.25) is 0 Å². The molecule has 1 heterocycles. The van der Waals surface area contributed by atoms with Gasteiger partial charge in [0.25, 0.3) is 0 Å². The van der Waals surface area contributed by atoms with Crippen LogP contribution in [0.1, 0.15) is 78.7 Å². The van der Waals surface area contributed by atoms with E-state index >= 15 is 0 Å². The van der Waals surface area contributed by atoms with Gasteiger partial charge in [0, 0.05) is 0 Å². The summed E-state index contributed by atoms with van der Waals surface area (Å²) in [7, 11) is -1.68. The van der Waals surface area contributed by atoms with E-state index in [2.05, 4.69) is 110 Å². The van der Waals surface area contributed by atoms with Gasteiger partial charge in [0.1, 0.15) is 0 Å². The van der Waals surface area contributed by atoms with Crippen LogP contribution in [0.4, 0.5) is 0 Å². The molecule has 1 aromatic heterocycles. The normalized spacial score (nSPS) is 14.2. The summed E-state index contributed by atoms with van der Waals surface area (Å²) in [5.74, 6) is 0. The first-order chi connectivity index (χ1) is 10.3. The molecule has 1 unspecified atom stereocenters. The molecular weight excluding hydrogens is 364 g/mol. The van der Waals surface area contributed by atoms with Gasteiger partial charge in [-0.2, -0.15) is 0 Å². The first kappa shape index (κ1) is 24.7. The zero-order chi connectivity index (χ0) is 19.9. The topological polar surface area (TPSA) is 23.9 Å². The predicted molar refractivity (Wildman–Crippen MR) is 113 cm³/mol. The van der Waals surface area contributed by atoms with E-state index in [1.807, 2.05) is 0 Å². The molecule has 1 aromatic rings. The van der Waals surface area contributed by atoms with Crippen molar-refractivity contribution in [3.05, 3.63) is 16.4 Å². The van der Waals surface area contributed by atoms with Crippen LogP contribution < -0.4 is 3.60 Å². The average molecular weight is 404 g/mol. The standard InChI is InChI=1S/C12H28NP.C8H12P.Ti/c1-10(2,3)14(13,11(4,5)6)12(7,8)9;1-6-5-9(4)8(3)7(6)2;/h13H,1-9H3;1-4H3;. The Kier molecular flexibility index (Phi) is 8.00. The minimum absolute atomic E-state index is 0.0931. The fraction of sp³-hybridized carbons (Fsp3) is 0.800. The first-order valence-corrected chi connectivity index (χ1v) is 13.1. The van der Waals surface area contributed by atoms with E-state index in [1.165, 1.54) is 11.1 Å². The van der Waals surface area contributed by atoms with E-state index < -0.39 is 7.05 Å². The second-order valence-electron chi connectivity index (χ2n) is 9.93. The van der Waals surface area contributed by atoms with Crippen molar-refractivity contribution in [1.29, 1.82) is 5.16 Å². The summed E-state index contributed by atoms with van der Waals surface area (Å²) in [6.07, 6.45) is 0. The molecular formula is C20H40NP2Ti. The third-order valence-electron chi connectivity index (χ3n) is 5.32. The van der Waals surface area contributed by atoms with E-state index in [0.29, 0.717) is 0 Å². The molecule has 139 valence electrons. The fourth-order valence-corrected chi connectivity index (χ4v) is 12.9. The number of nitrogens with one attached hydrogen (secondary N) is 1. The van der Waals surface area contributed by atoms with Crippen LogP contribution in [-0.4, -0.2) is 15.5 Å². The molecule has 1 rings (SSSR count). The van der Waals surface area contributed by atoms with Gasteiger partial charge < -0.3 is 5.16 Å². The van der Waals surface area contributed by atoms with E-state index in [9.17, 15) is 0 Å². The predicted octanol–water partition coefficient (Wildman–Crippen LogP) is 7.47. The van der Waals surface area contributed by atoms with Crippen LogP contribution in [0, 0.1) is 25.9 Å². The molecule has 0 saturated carbocycles. The Bertz CT molecular complexity index is 497. The Morgan fingerprint density at radius 1 is 0.750 bits per heavy atom. The quantitative estimate of drug-likeness (QED) is 0.343. The average Bonchev–Trinajstić information content (AvgIpc) is 2.53. The van der Waals surface area contributed by atoms with Crippen molar-refractivity contribution in [2.24, 2.45) is 6.66 Å². The SMILES string of the molecule is CC(C)(C)P(=N)(C(C)(C)C)C(C)(C)C.Cc1c(C)[c]([Ti])p(C)c1C. The maximum absolute atomic E-state index is 8.99. The Labute approximate surface area is 165 Å². The minimum atomic E-state index is -1.77. The Hall–Kier alpha value is 0.724. The van der Waals surface area contributed by atoms with Crippen molar-refractivity contribution in [3.8, 4) is 0 Å². The number of hydrogen-bond acceptors (Lipinski definition) is 1. The molecule has 0 spiro atoms. The van der Waals surface area contributed by atoms with Crippen molar-refractivity contribution in [3.63, 3.8) is 0 Å². The van der Waals surface area contributed by atoms with Gasteiger partial charge in [0.05, 0.1) is 0 Å². The monoisotopic (exact) mass is 404 g/mol. The van der Waals surface area contributed by atoms with E-state index in [-0.39, 0.29) is 23.0 Å². The molecule has 0 amide bonds. The van der Waals surface area contributed by atoms with Crippen molar-refractivity contribution in [2.45, 2.75) is 98.6 Å². The van der Waals surface area contributed by atoms with E-state index in [4.69, 9.17) is 5.16 Å². The summed E-state index contributed by atoms with van der Waals surface area (Å²) in [5, 5.41) is 10.9. The van der Waals surface area contributed by atoms with Crippen LogP contribution in [-0.2, 0) is 27.1 Å². The fourth-order valence-electron chi connectivity index (χ4n) is 4.14. The van der Waals surface area contributed by atoms with Gasteiger partial charge in [-0.25, -0.2) is 0 Å². The van der Waals surface area contributed by atoms with Gasteiger partial charge in [-0.15, -0.1) is 0 Å². The summed E-state index contributed by atoms with van der Waals surface area (Å²) in [5.41, 5.74) is 3.07. The van der Waals surface area contributed by atoms with Crippen LogP contribution in [0.5, 0.6) is 0 Å². The van der Waals surface area contributed by atoms with Crippen LogP contribution in [0.3, 0.4) is 0 Å². The Morgan fingerprint density at radius 2 is 1.04 bits per heavy atom. The van der Waals surface area contributed by atoms with Crippen molar-refractivity contribution < 1.29 is 20.4 Å². The summed E-state index contributed by atoms with van der Waals surface area (Å²) < 4.78 is 1.62. The molecule has 0 aliphatic heterocycles. The van der Waals surface area contributed by atoms with Crippen molar-refractivity contribution in [1.82, 2.24) is 0 Å². The first-order valence-electron chi connectivity index (χ1n) is 8.79. The van der Waals surface area contributed by atoms with Crippen LogP contribution in [0.15, 0.2) is 0 Å². The Morgan fingerprint density at radius 3 is 1.08 bits per heavy atom. The third-order valence-corrected chi connectivity index (χ3v) is 15.9. The van der Waals surface area contributed by atoms with Gasteiger partial charge in [-0.05, 0) is 22.5 Å². The van der Waals surface area contributed by atoms with Crippen LogP contribution >= 0.6 is 14.6 Å². The molecule has 1 nitrogen and oxygen atoms in total. The molecule has 0 aliphatic carbocycles. The van der Waals surface area contributed by atoms with Crippen molar-refractivity contribution >= 4 is 18.2 Å². The van der Waals surface area contributed by atoms with Gasteiger partial charge >= 0.3 is 75.4 Å². The molecule has 24 heavy (non-hydrogen) atoms. The molecule has 0 aromatic carbocycles. The molecule has 0 saturated heterocycles. The van der Waals surface area contributed by atoms with Gasteiger partial charge in [-0.3, -0.25) is 0 Å². The second kappa shape index (κ2) is 7.76. The van der Waals surface area contributed by atoms with Crippen LogP contribution in [0.2, 0.25) is 0 Å². The van der Waals surface area contributed by atoms with Gasteiger partial charge in [0.15, 0.2) is 0 Å². The zero-order valence-electron chi connectivity index (χ0n) is 18.4. The van der Waals surface area contributed by atoms with Crippen LogP contribution in [0.25, 0.3) is 0 Å². The summed E-state index contributed by atoms with van der Waals surface area (Å²) in [4.78, 5) is 0. The zero-order valence-corrected chi connectivity index (χ0v) is 21.7. The molecule has 0 fully saturated rings. The molecule has 0 radical (unpaired) electrons. The number of hydrogen-bond donors (Lipinski definition) is 1. The maximum atomic E-state index is 8.99. The molecule has 4 heteroatoms. The molecule has 0 bridgehead atoms. The summed E-state index contributed by atoms with van der Waals surface area (Å²) >= 11 is 2.26. The van der Waals surface area contributed by atoms with Gasteiger partial charge in [-0.1, -0.05) is 62.3 Å². The summed E-state index contributed by atoms with van der Waals surface area (Å²) in [6.45, 7) is 29.1. The number of rotatable bonds is 0. The van der Waals surface area contributed by atoms with E-state index in [1.54, 1.807) is 8.90 Å². The second-order valence-corrected chi connectivity index (χ2v) is 19.0.